The van der Waals surface area contributed by atoms with Gasteiger partial charge in [0.1, 0.15) is 0 Å². The van der Waals surface area contributed by atoms with Crippen LogP contribution in [0.2, 0.25) is 5.04 Å². The van der Waals surface area contributed by atoms with Crippen LogP contribution in [0, 0.1) is 5.92 Å². The number of ether oxygens (including phenoxy) is 2. The van der Waals surface area contributed by atoms with Crippen molar-refractivity contribution < 1.29 is 18.7 Å². The summed E-state index contributed by atoms with van der Waals surface area (Å²) in [4.78, 5) is 12.1. The molecule has 3 rings (SSSR count). The van der Waals surface area contributed by atoms with E-state index in [1.807, 2.05) is 0 Å². The molecular formula is C25H34O4Si. The van der Waals surface area contributed by atoms with Crippen molar-refractivity contribution >= 4 is 24.7 Å². The highest BCUT2D eigenvalue weighted by Gasteiger charge is 2.53. The van der Waals surface area contributed by atoms with Crippen molar-refractivity contribution in [1.82, 2.24) is 0 Å². The van der Waals surface area contributed by atoms with Crippen molar-refractivity contribution in [3.05, 3.63) is 60.7 Å². The molecule has 0 saturated heterocycles. The number of benzene rings is 2. The van der Waals surface area contributed by atoms with Crippen LogP contribution in [0.25, 0.3) is 0 Å². The van der Waals surface area contributed by atoms with E-state index >= 15 is 0 Å². The van der Waals surface area contributed by atoms with Crippen molar-refractivity contribution in [1.29, 1.82) is 0 Å². The van der Waals surface area contributed by atoms with Gasteiger partial charge in [-0.1, -0.05) is 81.4 Å². The zero-order valence-corrected chi connectivity index (χ0v) is 19.8. The Bertz CT molecular complexity index is 777. The molecule has 2 aromatic rings. The molecule has 0 heterocycles. The van der Waals surface area contributed by atoms with Crippen LogP contribution in [-0.4, -0.2) is 40.7 Å². The summed E-state index contributed by atoms with van der Waals surface area (Å²) in [5.74, 6) is -0.278. The second kappa shape index (κ2) is 9.46. The molecule has 0 N–H and O–H groups in total. The molecule has 3 atom stereocenters. The van der Waals surface area contributed by atoms with Gasteiger partial charge in [0.25, 0.3) is 8.32 Å². The average Bonchev–Trinajstić information content (AvgIpc) is 2.77. The minimum Gasteiger partial charge on any atom is -0.469 e. The highest BCUT2D eigenvalue weighted by Crippen LogP contribution is 2.40. The SMILES string of the molecule is COC(=O)[C@@H]1CC[C@@H](O[Si](c2ccccc2)(c2ccccc2)C(C)(C)C)[C@H](OC)C1. The number of carbonyl (C=O) groups is 1. The van der Waals surface area contributed by atoms with Crippen LogP contribution in [0.3, 0.4) is 0 Å². The highest BCUT2D eigenvalue weighted by molar-refractivity contribution is 6.99. The van der Waals surface area contributed by atoms with E-state index in [1.54, 1.807) is 7.11 Å². The van der Waals surface area contributed by atoms with Gasteiger partial charge in [0, 0.05) is 7.11 Å². The summed E-state index contributed by atoms with van der Waals surface area (Å²) in [5.41, 5.74) is 0. The molecule has 0 spiro atoms. The first-order valence-corrected chi connectivity index (χ1v) is 12.6. The molecule has 1 saturated carbocycles. The van der Waals surface area contributed by atoms with E-state index in [9.17, 15) is 4.79 Å². The van der Waals surface area contributed by atoms with E-state index in [1.165, 1.54) is 17.5 Å². The number of hydrogen-bond donors (Lipinski definition) is 0. The van der Waals surface area contributed by atoms with Gasteiger partial charge in [-0.3, -0.25) is 4.79 Å². The van der Waals surface area contributed by atoms with E-state index in [0.29, 0.717) is 6.42 Å². The van der Waals surface area contributed by atoms with Crippen molar-refractivity contribution in [3.63, 3.8) is 0 Å². The van der Waals surface area contributed by atoms with E-state index < -0.39 is 8.32 Å². The molecule has 0 bridgehead atoms. The predicted octanol–water partition coefficient (Wildman–Crippen LogP) is 3.92. The minimum absolute atomic E-state index is 0.0674. The molecule has 0 amide bonds. The van der Waals surface area contributed by atoms with Gasteiger partial charge < -0.3 is 13.9 Å². The fraction of sp³-hybridized carbons (Fsp3) is 0.480. The molecule has 30 heavy (non-hydrogen) atoms. The molecule has 162 valence electrons. The summed E-state index contributed by atoms with van der Waals surface area (Å²) in [5, 5.41) is 2.43. The van der Waals surface area contributed by atoms with Gasteiger partial charge in [-0.05, 0) is 34.7 Å². The third kappa shape index (κ3) is 4.38. The third-order valence-electron chi connectivity index (χ3n) is 6.31. The van der Waals surface area contributed by atoms with Gasteiger partial charge in [-0.15, -0.1) is 0 Å². The predicted molar refractivity (Wildman–Crippen MR) is 123 cm³/mol. The van der Waals surface area contributed by atoms with E-state index in [0.717, 1.165) is 12.8 Å². The molecule has 0 radical (unpaired) electrons. The van der Waals surface area contributed by atoms with Crippen LogP contribution in [0.5, 0.6) is 0 Å². The first-order chi connectivity index (χ1) is 14.3. The van der Waals surface area contributed by atoms with Gasteiger partial charge >= 0.3 is 5.97 Å². The topological polar surface area (TPSA) is 44.8 Å². The smallest absolute Gasteiger partial charge is 0.308 e. The summed E-state index contributed by atoms with van der Waals surface area (Å²) in [6.07, 6.45) is 1.97. The Balaban J connectivity index is 2.04. The fourth-order valence-corrected chi connectivity index (χ4v) is 9.52. The molecule has 0 aromatic heterocycles. The summed E-state index contributed by atoms with van der Waals surface area (Å²) >= 11 is 0. The van der Waals surface area contributed by atoms with Gasteiger partial charge in [-0.2, -0.15) is 0 Å². The second-order valence-electron chi connectivity index (χ2n) is 9.13. The molecule has 5 heteroatoms. The maximum absolute atomic E-state index is 12.1. The van der Waals surface area contributed by atoms with E-state index in [2.05, 4.69) is 81.4 Å². The Morgan fingerprint density at radius 1 is 0.867 bits per heavy atom. The van der Waals surface area contributed by atoms with Crippen LogP contribution >= 0.6 is 0 Å². The highest BCUT2D eigenvalue weighted by atomic mass is 28.4. The Morgan fingerprint density at radius 2 is 1.40 bits per heavy atom. The molecule has 1 aliphatic rings. The number of carbonyl (C=O) groups excluding carboxylic acids is 1. The molecule has 2 aromatic carbocycles. The zero-order chi connectivity index (χ0) is 21.8. The van der Waals surface area contributed by atoms with Gasteiger partial charge in [-0.25, -0.2) is 0 Å². The monoisotopic (exact) mass is 426 g/mol. The fourth-order valence-electron chi connectivity index (χ4n) is 4.78. The van der Waals surface area contributed by atoms with Crippen molar-refractivity contribution in [3.8, 4) is 0 Å². The third-order valence-corrected chi connectivity index (χ3v) is 11.4. The van der Waals surface area contributed by atoms with Gasteiger partial charge in [0.05, 0.1) is 25.2 Å². The summed E-state index contributed by atoms with van der Waals surface area (Å²) in [6.45, 7) is 6.84. The molecular weight excluding hydrogens is 392 g/mol. The molecule has 1 fully saturated rings. The Kier molecular flexibility index (Phi) is 7.16. The standard InChI is InChI=1S/C25H34O4Si/c1-25(2,3)30(20-12-8-6-9-13-20,21-14-10-7-11-15-21)29-22-17-16-19(24(26)28-5)18-23(22)27-4/h6-15,19,22-23H,16-18H2,1-5H3/t19-,22-,23-/m1/s1. The first kappa shape index (κ1) is 22.7. The molecule has 0 aliphatic heterocycles. The second-order valence-corrected chi connectivity index (χ2v) is 13.4. The normalized spacial score (nSPS) is 22.5. The molecule has 0 unspecified atom stereocenters. The van der Waals surface area contributed by atoms with Gasteiger partial charge in [0.2, 0.25) is 0 Å². The molecule has 1 aliphatic carbocycles. The lowest BCUT2D eigenvalue weighted by molar-refractivity contribution is -0.150. The Hall–Kier alpha value is -1.95. The number of hydrogen-bond acceptors (Lipinski definition) is 4. The number of rotatable bonds is 6. The molecule has 4 nitrogen and oxygen atoms in total. The number of methoxy groups -OCH3 is 2. The average molecular weight is 427 g/mol. The van der Waals surface area contributed by atoms with Crippen molar-refractivity contribution in [2.24, 2.45) is 5.92 Å². The summed E-state index contributed by atoms with van der Waals surface area (Å²) < 4.78 is 18.1. The largest absolute Gasteiger partial charge is 0.469 e. The van der Waals surface area contributed by atoms with Crippen LogP contribution < -0.4 is 10.4 Å². The zero-order valence-electron chi connectivity index (χ0n) is 18.8. The first-order valence-electron chi connectivity index (χ1n) is 10.7. The van der Waals surface area contributed by atoms with E-state index in [-0.39, 0.29) is 29.1 Å². The van der Waals surface area contributed by atoms with Crippen LogP contribution in [0.1, 0.15) is 40.0 Å². The maximum atomic E-state index is 12.1. The lowest BCUT2D eigenvalue weighted by Gasteiger charge is -2.47. The lowest BCUT2D eigenvalue weighted by atomic mass is 9.85. The van der Waals surface area contributed by atoms with Crippen molar-refractivity contribution in [2.75, 3.05) is 14.2 Å². The lowest BCUT2D eigenvalue weighted by Crippen LogP contribution is -2.68. The van der Waals surface area contributed by atoms with E-state index in [4.69, 9.17) is 13.9 Å². The van der Waals surface area contributed by atoms with Crippen LogP contribution in [0.15, 0.2) is 60.7 Å². The Labute approximate surface area is 181 Å². The number of esters is 1. The van der Waals surface area contributed by atoms with Gasteiger partial charge in [0.15, 0.2) is 0 Å². The Morgan fingerprint density at radius 3 is 1.83 bits per heavy atom. The van der Waals surface area contributed by atoms with Crippen molar-refractivity contribution in [2.45, 2.75) is 57.3 Å². The minimum atomic E-state index is -2.65. The van der Waals surface area contributed by atoms with Crippen LogP contribution in [-0.2, 0) is 18.7 Å². The summed E-state index contributed by atoms with van der Waals surface area (Å²) in [7, 11) is 0.519. The quantitative estimate of drug-likeness (QED) is 0.519. The summed E-state index contributed by atoms with van der Waals surface area (Å²) in [6, 6.07) is 21.3. The van der Waals surface area contributed by atoms with Crippen LogP contribution in [0.4, 0.5) is 0 Å². The maximum Gasteiger partial charge on any atom is 0.308 e.